The molecule has 1 aliphatic carbocycles. The summed E-state index contributed by atoms with van der Waals surface area (Å²) in [6.07, 6.45) is 11.1. The molecule has 0 amide bonds. The lowest BCUT2D eigenvalue weighted by atomic mass is 10.1. The third kappa shape index (κ3) is 3.47. The smallest absolute Gasteiger partial charge is 0.316 e. The number of ether oxygens (including phenoxy) is 1. The van der Waals surface area contributed by atoms with Gasteiger partial charge in [0, 0.05) is 50.4 Å². The van der Waals surface area contributed by atoms with Gasteiger partial charge in [0.15, 0.2) is 0 Å². The van der Waals surface area contributed by atoms with Crippen molar-refractivity contribution >= 4 is 5.82 Å². The molecule has 6 heteroatoms. The third-order valence-electron chi connectivity index (χ3n) is 4.73. The van der Waals surface area contributed by atoms with Crippen molar-refractivity contribution in [1.82, 2.24) is 19.9 Å². The number of anilines is 1. The van der Waals surface area contributed by atoms with Gasteiger partial charge in [-0.1, -0.05) is 6.92 Å². The van der Waals surface area contributed by atoms with Crippen molar-refractivity contribution in [3.8, 4) is 6.01 Å². The molecule has 0 radical (unpaired) electrons. The SMILES string of the molecule is CCc1cnc(OC2CCN(c3ccnc(C4CC4)n3)CC2)nc1. The Morgan fingerprint density at radius 3 is 2.50 bits per heavy atom. The lowest BCUT2D eigenvalue weighted by molar-refractivity contribution is 0.156. The van der Waals surface area contributed by atoms with Crippen LogP contribution in [0.25, 0.3) is 0 Å². The van der Waals surface area contributed by atoms with E-state index in [4.69, 9.17) is 9.72 Å². The summed E-state index contributed by atoms with van der Waals surface area (Å²) >= 11 is 0. The molecule has 0 bridgehead atoms. The number of aromatic nitrogens is 4. The zero-order valence-electron chi connectivity index (χ0n) is 14.1. The van der Waals surface area contributed by atoms with Crippen molar-refractivity contribution in [1.29, 1.82) is 0 Å². The molecule has 1 saturated carbocycles. The van der Waals surface area contributed by atoms with Crippen LogP contribution in [0.15, 0.2) is 24.7 Å². The molecule has 0 unspecified atom stereocenters. The van der Waals surface area contributed by atoms with Crippen molar-refractivity contribution in [2.45, 2.75) is 51.0 Å². The Bertz CT molecular complexity index is 678. The molecule has 1 aliphatic heterocycles. The van der Waals surface area contributed by atoms with Crippen molar-refractivity contribution in [3.05, 3.63) is 36.0 Å². The van der Waals surface area contributed by atoms with E-state index in [2.05, 4.69) is 26.8 Å². The zero-order valence-corrected chi connectivity index (χ0v) is 14.1. The van der Waals surface area contributed by atoms with Gasteiger partial charge in [0.05, 0.1) is 0 Å². The number of nitrogens with zero attached hydrogens (tertiary/aromatic N) is 5. The molecule has 1 saturated heterocycles. The van der Waals surface area contributed by atoms with E-state index in [9.17, 15) is 0 Å². The highest BCUT2D eigenvalue weighted by Crippen LogP contribution is 2.38. The Hall–Kier alpha value is -2.24. The van der Waals surface area contributed by atoms with E-state index in [0.717, 1.165) is 49.6 Å². The van der Waals surface area contributed by atoms with E-state index in [1.54, 1.807) is 0 Å². The quantitative estimate of drug-likeness (QED) is 0.842. The van der Waals surface area contributed by atoms with Crippen LogP contribution < -0.4 is 9.64 Å². The molecule has 4 rings (SSSR count). The van der Waals surface area contributed by atoms with Crippen LogP contribution in [0.5, 0.6) is 6.01 Å². The number of hydrogen-bond acceptors (Lipinski definition) is 6. The number of rotatable bonds is 5. The van der Waals surface area contributed by atoms with E-state index in [-0.39, 0.29) is 6.10 Å². The molecular weight excluding hydrogens is 302 g/mol. The topological polar surface area (TPSA) is 64.0 Å². The van der Waals surface area contributed by atoms with Gasteiger partial charge in [0.25, 0.3) is 0 Å². The van der Waals surface area contributed by atoms with E-state index in [0.29, 0.717) is 11.9 Å². The molecule has 2 aromatic rings. The van der Waals surface area contributed by atoms with Gasteiger partial charge in [0.1, 0.15) is 17.7 Å². The maximum Gasteiger partial charge on any atom is 0.316 e. The molecular formula is C18H23N5O. The van der Waals surface area contributed by atoms with Crippen molar-refractivity contribution in [2.75, 3.05) is 18.0 Å². The van der Waals surface area contributed by atoms with Crippen LogP contribution in [-0.4, -0.2) is 39.1 Å². The van der Waals surface area contributed by atoms with Gasteiger partial charge < -0.3 is 9.64 Å². The summed E-state index contributed by atoms with van der Waals surface area (Å²) in [6.45, 7) is 3.98. The molecule has 6 nitrogen and oxygen atoms in total. The minimum Gasteiger partial charge on any atom is -0.460 e. The minimum absolute atomic E-state index is 0.179. The van der Waals surface area contributed by atoms with Gasteiger partial charge in [-0.2, -0.15) is 0 Å². The highest BCUT2D eigenvalue weighted by Gasteiger charge is 2.28. The van der Waals surface area contributed by atoms with Crippen LogP contribution in [0.2, 0.25) is 0 Å². The molecule has 2 fully saturated rings. The Balaban J connectivity index is 1.33. The summed E-state index contributed by atoms with van der Waals surface area (Å²) in [5.41, 5.74) is 1.13. The standard InChI is InChI=1S/C18H23N5O/c1-2-13-11-20-18(21-12-13)24-15-6-9-23(10-7-15)16-5-8-19-17(22-16)14-3-4-14/h5,8,11-12,14-15H,2-4,6-7,9-10H2,1H3. The first-order valence-electron chi connectivity index (χ1n) is 8.87. The van der Waals surface area contributed by atoms with Gasteiger partial charge in [-0.15, -0.1) is 0 Å². The van der Waals surface area contributed by atoms with Crippen molar-refractivity contribution in [3.63, 3.8) is 0 Å². The Morgan fingerprint density at radius 2 is 1.83 bits per heavy atom. The van der Waals surface area contributed by atoms with E-state index in [1.165, 1.54) is 12.8 Å². The maximum atomic E-state index is 5.93. The highest BCUT2D eigenvalue weighted by molar-refractivity contribution is 5.38. The molecule has 0 aromatic carbocycles. The second-order valence-corrected chi connectivity index (χ2v) is 6.58. The molecule has 0 N–H and O–H groups in total. The molecule has 0 spiro atoms. The van der Waals surface area contributed by atoms with Gasteiger partial charge in [-0.05, 0) is 30.9 Å². The second-order valence-electron chi connectivity index (χ2n) is 6.58. The molecule has 3 heterocycles. The molecule has 2 aliphatic rings. The van der Waals surface area contributed by atoms with Crippen LogP contribution in [0.1, 0.15) is 49.9 Å². The van der Waals surface area contributed by atoms with Crippen LogP contribution in [0, 0.1) is 0 Å². The molecule has 2 aromatic heterocycles. The Kier molecular flexibility index (Phi) is 4.28. The summed E-state index contributed by atoms with van der Waals surface area (Å²) in [6, 6.07) is 2.50. The second kappa shape index (κ2) is 6.71. The summed E-state index contributed by atoms with van der Waals surface area (Å²) in [7, 11) is 0. The predicted octanol–water partition coefficient (Wildman–Crippen LogP) is 2.75. The van der Waals surface area contributed by atoms with Crippen LogP contribution in [-0.2, 0) is 6.42 Å². The van der Waals surface area contributed by atoms with E-state index < -0.39 is 0 Å². The molecule has 0 atom stereocenters. The monoisotopic (exact) mass is 325 g/mol. The van der Waals surface area contributed by atoms with E-state index >= 15 is 0 Å². The third-order valence-corrected chi connectivity index (χ3v) is 4.73. The van der Waals surface area contributed by atoms with Gasteiger partial charge in [-0.3, -0.25) is 0 Å². The first-order chi connectivity index (χ1) is 11.8. The first kappa shape index (κ1) is 15.3. The number of hydrogen-bond donors (Lipinski definition) is 0. The Morgan fingerprint density at radius 1 is 1.08 bits per heavy atom. The fraction of sp³-hybridized carbons (Fsp3) is 0.556. The van der Waals surface area contributed by atoms with E-state index in [1.807, 2.05) is 24.7 Å². The molecule has 24 heavy (non-hydrogen) atoms. The summed E-state index contributed by atoms with van der Waals surface area (Å²) in [5.74, 6) is 2.65. The fourth-order valence-electron chi connectivity index (χ4n) is 3.02. The van der Waals surface area contributed by atoms with Crippen molar-refractivity contribution in [2.24, 2.45) is 0 Å². The zero-order chi connectivity index (χ0) is 16.4. The summed E-state index contributed by atoms with van der Waals surface area (Å²) in [5, 5.41) is 0. The predicted molar refractivity (Wildman–Crippen MR) is 91.3 cm³/mol. The van der Waals surface area contributed by atoms with Gasteiger partial charge >= 0.3 is 6.01 Å². The average Bonchev–Trinajstić information content (AvgIpc) is 3.48. The highest BCUT2D eigenvalue weighted by atomic mass is 16.5. The van der Waals surface area contributed by atoms with Gasteiger partial charge in [0.2, 0.25) is 0 Å². The largest absolute Gasteiger partial charge is 0.460 e. The minimum atomic E-state index is 0.179. The lowest BCUT2D eigenvalue weighted by Crippen LogP contribution is -2.39. The van der Waals surface area contributed by atoms with Crippen LogP contribution in [0.4, 0.5) is 5.82 Å². The summed E-state index contributed by atoms with van der Waals surface area (Å²) < 4.78 is 5.93. The fourth-order valence-corrected chi connectivity index (χ4v) is 3.02. The van der Waals surface area contributed by atoms with Crippen LogP contribution in [0.3, 0.4) is 0 Å². The lowest BCUT2D eigenvalue weighted by Gasteiger charge is -2.32. The van der Waals surface area contributed by atoms with Crippen molar-refractivity contribution < 1.29 is 4.74 Å². The Labute approximate surface area is 142 Å². The maximum absolute atomic E-state index is 5.93. The normalized spacial score (nSPS) is 18.6. The number of aryl methyl sites for hydroxylation is 1. The van der Waals surface area contributed by atoms with Gasteiger partial charge in [-0.25, -0.2) is 19.9 Å². The van der Waals surface area contributed by atoms with Crippen LogP contribution >= 0.6 is 0 Å². The summed E-state index contributed by atoms with van der Waals surface area (Å²) in [4.78, 5) is 20.0. The molecule has 126 valence electrons. The average molecular weight is 325 g/mol. The first-order valence-corrected chi connectivity index (χ1v) is 8.87. The number of piperidine rings is 1.